The van der Waals surface area contributed by atoms with E-state index in [9.17, 15) is 0 Å². The first-order valence-corrected chi connectivity index (χ1v) is 6.07. The summed E-state index contributed by atoms with van der Waals surface area (Å²) in [6, 6.07) is 8.49. The van der Waals surface area contributed by atoms with Gasteiger partial charge in [-0.2, -0.15) is 0 Å². The fraction of sp³-hybridized carbons (Fsp3) is 0.357. The van der Waals surface area contributed by atoms with Gasteiger partial charge in [0, 0.05) is 25.7 Å². The molecule has 3 rings (SSSR count). The molecule has 0 unspecified atom stereocenters. The molecule has 0 spiro atoms. The van der Waals surface area contributed by atoms with Crippen LogP contribution in [0.3, 0.4) is 0 Å². The van der Waals surface area contributed by atoms with Crippen LogP contribution in [0.4, 0.5) is 0 Å². The van der Waals surface area contributed by atoms with Crippen LogP contribution in [-0.2, 0) is 11.2 Å². The van der Waals surface area contributed by atoms with Gasteiger partial charge < -0.3 is 9.64 Å². The molecule has 88 valence electrons. The predicted molar refractivity (Wildman–Crippen MR) is 69.0 cm³/mol. The van der Waals surface area contributed by atoms with Crippen LogP contribution >= 0.6 is 0 Å². The SMILES string of the molecule is C1=Cc2ccccc2CC(N2CCOCC2)=N1. The van der Waals surface area contributed by atoms with Gasteiger partial charge in [0.15, 0.2) is 0 Å². The van der Waals surface area contributed by atoms with Crippen molar-refractivity contribution in [2.24, 2.45) is 4.99 Å². The summed E-state index contributed by atoms with van der Waals surface area (Å²) in [7, 11) is 0. The Hall–Kier alpha value is -1.61. The van der Waals surface area contributed by atoms with Gasteiger partial charge in [0.05, 0.1) is 13.2 Å². The Bertz CT molecular complexity index is 459. The second-order valence-electron chi connectivity index (χ2n) is 4.34. The molecule has 17 heavy (non-hydrogen) atoms. The highest BCUT2D eigenvalue weighted by Crippen LogP contribution is 2.17. The van der Waals surface area contributed by atoms with E-state index in [-0.39, 0.29) is 0 Å². The Balaban J connectivity index is 1.84. The second-order valence-corrected chi connectivity index (χ2v) is 4.34. The predicted octanol–water partition coefficient (Wildman–Crippen LogP) is 1.94. The number of amidine groups is 1. The number of hydrogen-bond donors (Lipinski definition) is 0. The minimum atomic E-state index is 0.810. The second kappa shape index (κ2) is 4.72. The molecule has 1 aromatic rings. The van der Waals surface area contributed by atoms with Crippen LogP contribution in [0.2, 0.25) is 0 Å². The minimum absolute atomic E-state index is 0.810. The maximum absolute atomic E-state index is 5.38. The molecule has 3 nitrogen and oxygen atoms in total. The first-order valence-electron chi connectivity index (χ1n) is 6.07. The van der Waals surface area contributed by atoms with E-state index in [0.717, 1.165) is 38.6 Å². The van der Waals surface area contributed by atoms with Gasteiger partial charge in [-0.1, -0.05) is 24.3 Å². The largest absolute Gasteiger partial charge is 0.378 e. The van der Waals surface area contributed by atoms with Gasteiger partial charge in [-0.05, 0) is 17.2 Å². The number of fused-ring (bicyclic) bond motifs is 1. The van der Waals surface area contributed by atoms with Gasteiger partial charge in [-0.15, -0.1) is 0 Å². The average Bonchev–Trinajstić information content (AvgIpc) is 2.62. The highest BCUT2D eigenvalue weighted by molar-refractivity contribution is 5.87. The van der Waals surface area contributed by atoms with E-state index in [0.29, 0.717) is 0 Å². The zero-order chi connectivity index (χ0) is 11.5. The first kappa shape index (κ1) is 10.5. The van der Waals surface area contributed by atoms with Gasteiger partial charge >= 0.3 is 0 Å². The van der Waals surface area contributed by atoms with Gasteiger partial charge in [0.2, 0.25) is 0 Å². The Morgan fingerprint density at radius 1 is 1.12 bits per heavy atom. The molecule has 0 aliphatic carbocycles. The Morgan fingerprint density at radius 3 is 2.82 bits per heavy atom. The number of hydrogen-bond acceptors (Lipinski definition) is 3. The number of rotatable bonds is 0. The number of ether oxygens (including phenoxy) is 1. The van der Waals surface area contributed by atoms with Crippen molar-refractivity contribution >= 4 is 11.9 Å². The lowest BCUT2D eigenvalue weighted by Crippen LogP contribution is -2.41. The maximum atomic E-state index is 5.38. The molecule has 0 atom stereocenters. The van der Waals surface area contributed by atoms with Crippen molar-refractivity contribution < 1.29 is 4.74 Å². The topological polar surface area (TPSA) is 24.8 Å². The summed E-state index contributed by atoms with van der Waals surface area (Å²) in [4.78, 5) is 6.90. The summed E-state index contributed by atoms with van der Waals surface area (Å²) < 4.78 is 5.38. The Labute approximate surface area is 101 Å². The van der Waals surface area contributed by atoms with Gasteiger partial charge in [-0.25, -0.2) is 4.99 Å². The molecule has 0 amide bonds. The average molecular weight is 228 g/mol. The lowest BCUT2D eigenvalue weighted by Gasteiger charge is -2.29. The van der Waals surface area contributed by atoms with E-state index in [4.69, 9.17) is 4.74 Å². The summed E-state index contributed by atoms with van der Waals surface area (Å²) in [5.74, 6) is 1.16. The lowest BCUT2D eigenvalue weighted by molar-refractivity contribution is 0.0674. The van der Waals surface area contributed by atoms with Crippen LogP contribution in [0.15, 0.2) is 35.5 Å². The van der Waals surface area contributed by atoms with E-state index >= 15 is 0 Å². The summed E-state index contributed by atoms with van der Waals surface area (Å²) in [5, 5.41) is 0. The smallest absolute Gasteiger partial charge is 0.109 e. The van der Waals surface area contributed by atoms with E-state index in [1.165, 1.54) is 11.1 Å². The minimum Gasteiger partial charge on any atom is -0.378 e. The summed E-state index contributed by atoms with van der Waals surface area (Å²) in [6.45, 7) is 3.53. The molecule has 3 heteroatoms. The zero-order valence-electron chi connectivity index (χ0n) is 9.80. The van der Waals surface area contributed by atoms with Crippen molar-refractivity contribution in [3.63, 3.8) is 0 Å². The van der Waals surface area contributed by atoms with Crippen molar-refractivity contribution in [3.8, 4) is 0 Å². The van der Waals surface area contributed by atoms with Gasteiger partial charge in [0.25, 0.3) is 0 Å². The molecule has 1 saturated heterocycles. The monoisotopic (exact) mass is 228 g/mol. The van der Waals surface area contributed by atoms with Crippen LogP contribution in [0.25, 0.3) is 6.08 Å². The van der Waals surface area contributed by atoms with Crippen LogP contribution < -0.4 is 0 Å². The lowest BCUT2D eigenvalue weighted by atomic mass is 10.0. The molecular weight excluding hydrogens is 212 g/mol. The molecule has 1 fully saturated rings. The number of morpholine rings is 1. The highest BCUT2D eigenvalue weighted by atomic mass is 16.5. The molecule has 0 N–H and O–H groups in total. The highest BCUT2D eigenvalue weighted by Gasteiger charge is 2.17. The molecular formula is C14H16N2O. The van der Waals surface area contributed by atoms with Crippen molar-refractivity contribution in [1.29, 1.82) is 0 Å². The third-order valence-electron chi connectivity index (χ3n) is 3.26. The van der Waals surface area contributed by atoms with Crippen LogP contribution in [0, 0.1) is 0 Å². The third-order valence-corrected chi connectivity index (χ3v) is 3.26. The van der Waals surface area contributed by atoms with Crippen molar-refractivity contribution in [1.82, 2.24) is 4.90 Å². The van der Waals surface area contributed by atoms with Crippen LogP contribution in [0.1, 0.15) is 11.1 Å². The quantitative estimate of drug-likeness (QED) is 0.678. The summed E-state index contributed by atoms with van der Waals surface area (Å²) >= 11 is 0. The molecule has 2 heterocycles. The number of nitrogens with zero attached hydrogens (tertiary/aromatic N) is 2. The summed E-state index contributed by atoms with van der Waals surface area (Å²) in [5.41, 5.74) is 2.63. The number of benzene rings is 1. The van der Waals surface area contributed by atoms with Crippen molar-refractivity contribution in [3.05, 3.63) is 41.6 Å². The maximum Gasteiger partial charge on any atom is 0.109 e. The first-order chi connectivity index (χ1) is 8.43. The zero-order valence-corrected chi connectivity index (χ0v) is 9.80. The Morgan fingerprint density at radius 2 is 1.94 bits per heavy atom. The summed E-state index contributed by atoms with van der Waals surface area (Å²) in [6.07, 6.45) is 4.92. The molecule has 0 bridgehead atoms. The Kier molecular flexibility index (Phi) is 2.92. The van der Waals surface area contributed by atoms with Crippen molar-refractivity contribution in [2.45, 2.75) is 6.42 Å². The fourth-order valence-corrected chi connectivity index (χ4v) is 2.29. The van der Waals surface area contributed by atoms with Gasteiger partial charge in [0.1, 0.15) is 5.84 Å². The molecule has 0 saturated carbocycles. The van der Waals surface area contributed by atoms with Crippen LogP contribution in [-0.4, -0.2) is 37.0 Å². The standard InChI is InChI=1S/C14H16N2O/c1-2-4-13-11-14(15-6-5-12(13)3-1)16-7-9-17-10-8-16/h1-6H,7-11H2. The number of aliphatic imine (C=N–C) groups is 1. The molecule has 2 aliphatic rings. The van der Waals surface area contributed by atoms with E-state index < -0.39 is 0 Å². The third kappa shape index (κ3) is 2.24. The molecule has 2 aliphatic heterocycles. The van der Waals surface area contributed by atoms with E-state index in [1.807, 2.05) is 6.20 Å². The molecule has 0 radical (unpaired) electrons. The van der Waals surface area contributed by atoms with Gasteiger partial charge in [-0.3, -0.25) is 0 Å². The normalized spacial score (nSPS) is 19.5. The van der Waals surface area contributed by atoms with E-state index in [2.05, 4.69) is 40.2 Å². The molecule has 0 aromatic heterocycles. The van der Waals surface area contributed by atoms with Crippen LogP contribution in [0.5, 0.6) is 0 Å². The van der Waals surface area contributed by atoms with Crippen molar-refractivity contribution in [2.75, 3.05) is 26.3 Å². The fourth-order valence-electron chi connectivity index (χ4n) is 2.29. The van der Waals surface area contributed by atoms with E-state index in [1.54, 1.807) is 0 Å². The molecule has 1 aromatic carbocycles.